The van der Waals surface area contributed by atoms with Crippen molar-refractivity contribution < 1.29 is 19.1 Å². The lowest BCUT2D eigenvalue weighted by Gasteiger charge is -2.69. The first-order chi connectivity index (χ1) is 13.0. The van der Waals surface area contributed by atoms with E-state index >= 15 is 0 Å². The van der Waals surface area contributed by atoms with Gasteiger partial charge in [-0.05, 0) is 140 Å². The van der Waals surface area contributed by atoms with Crippen LogP contribution in [0.3, 0.4) is 0 Å². The lowest BCUT2D eigenvalue weighted by atomic mass is 9.40. The van der Waals surface area contributed by atoms with Crippen LogP contribution in [0, 0.1) is 10.8 Å². The Morgan fingerprint density at radius 1 is 0.759 bits per heavy atom. The highest BCUT2D eigenvalue weighted by molar-refractivity contribution is 9.40. The fourth-order valence-corrected chi connectivity index (χ4v) is 7.06. The maximum atomic E-state index is 13.0. The Morgan fingerprint density at radius 2 is 1.17 bits per heavy atom. The van der Waals surface area contributed by atoms with Crippen molar-refractivity contribution in [3.63, 3.8) is 0 Å². The highest BCUT2D eigenvalue weighted by Gasteiger charge is 2.70. The molecule has 164 valence electrons. The first-order valence-electron chi connectivity index (χ1n) is 8.85. The van der Waals surface area contributed by atoms with Gasteiger partial charge >= 0.3 is 5.97 Å². The van der Waals surface area contributed by atoms with E-state index in [0.29, 0.717) is 25.7 Å². The zero-order valence-corrected chi connectivity index (χ0v) is 25.2. The van der Waals surface area contributed by atoms with Gasteiger partial charge in [-0.3, -0.25) is 14.4 Å². The van der Waals surface area contributed by atoms with Gasteiger partial charge in [-0.25, -0.2) is 0 Å². The lowest BCUT2D eigenvalue weighted by Crippen LogP contribution is -2.76. The molecule has 4 aliphatic rings. The Kier molecular flexibility index (Phi) is 6.59. The number of hydrogen-bond acceptors (Lipinski definition) is 4. The van der Waals surface area contributed by atoms with Crippen molar-refractivity contribution >= 4 is 113 Å². The molecule has 12 heteroatoms. The van der Waals surface area contributed by atoms with Gasteiger partial charge in [-0.15, -0.1) is 0 Å². The van der Waals surface area contributed by atoms with Crippen LogP contribution in [0.15, 0.2) is 0 Å². The lowest BCUT2D eigenvalue weighted by molar-refractivity contribution is -0.190. The zero-order valence-electron chi connectivity index (χ0n) is 15.6. The molecule has 0 heterocycles. The third kappa shape index (κ3) is 4.82. The number of amides is 2. The molecule has 2 N–H and O–H groups in total. The number of carbonyl (C=O) groups excluding carboxylic acids is 3. The van der Waals surface area contributed by atoms with Crippen LogP contribution in [-0.4, -0.2) is 40.3 Å². The van der Waals surface area contributed by atoms with E-state index < -0.39 is 20.8 Å². The average molecular weight is 796 g/mol. The van der Waals surface area contributed by atoms with E-state index in [1.165, 1.54) is 7.11 Å². The summed E-state index contributed by atoms with van der Waals surface area (Å²) in [7, 11) is 1.39. The molecular formula is C17H20Br6N2O4. The summed E-state index contributed by atoms with van der Waals surface area (Å²) in [4.78, 5) is 38.6. The Hall–Kier alpha value is 1.29. The van der Waals surface area contributed by atoms with Crippen LogP contribution >= 0.6 is 95.6 Å². The fraction of sp³-hybridized carbons (Fsp3) is 0.824. The van der Waals surface area contributed by atoms with Crippen molar-refractivity contribution in [1.82, 2.24) is 10.6 Å². The summed E-state index contributed by atoms with van der Waals surface area (Å²) in [6, 6.07) is 0. The summed E-state index contributed by atoms with van der Waals surface area (Å²) in [5, 5.41) is 6.31. The van der Waals surface area contributed by atoms with Crippen LogP contribution in [-0.2, 0) is 19.1 Å². The molecule has 2 unspecified atom stereocenters. The summed E-state index contributed by atoms with van der Waals surface area (Å²) in [5.41, 5.74) is -2.28. The maximum absolute atomic E-state index is 13.0. The number of carbonyl (C=O) groups is 3. The first-order valence-corrected chi connectivity index (χ1v) is 13.6. The molecule has 2 atom stereocenters. The monoisotopic (exact) mass is 790 g/mol. The topological polar surface area (TPSA) is 84.5 Å². The first kappa shape index (κ1) is 24.9. The number of rotatable bonds is 3. The van der Waals surface area contributed by atoms with E-state index in [1.54, 1.807) is 0 Å². The fourth-order valence-electron chi connectivity index (χ4n) is 6.47. The summed E-state index contributed by atoms with van der Waals surface area (Å²) in [6.07, 6.45) is 3.64. The molecule has 0 aromatic heterocycles. The van der Waals surface area contributed by atoms with Gasteiger partial charge in [-0.1, -0.05) is 6.92 Å². The molecular weight excluding hydrogens is 776 g/mol. The number of methoxy groups -OCH3 is 1. The number of ether oxygens (including phenoxy) is 1. The van der Waals surface area contributed by atoms with Gasteiger partial charge in [-0.2, -0.15) is 0 Å². The molecule has 0 aliphatic heterocycles. The van der Waals surface area contributed by atoms with Gasteiger partial charge in [0.25, 0.3) is 11.8 Å². The molecule has 4 rings (SSSR count). The van der Waals surface area contributed by atoms with E-state index in [9.17, 15) is 14.4 Å². The van der Waals surface area contributed by atoms with E-state index in [0.717, 1.165) is 12.8 Å². The number of hydrogen-bond donors (Lipinski definition) is 2. The van der Waals surface area contributed by atoms with Crippen LogP contribution in [0.25, 0.3) is 0 Å². The Morgan fingerprint density at radius 3 is 1.52 bits per heavy atom. The maximum Gasteiger partial charge on any atom is 0.311 e. The van der Waals surface area contributed by atoms with Gasteiger partial charge < -0.3 is 15.4 Å². The second kappa shape index (κ2) is 7.67. The van der Waals surface area contributed by atoms with Crippen LogP contribution < -0.4 is 10.6 Å². The second-order valence-corrected chi connectivity index (χ2v) is 22.6. The summed E-state index contributed by atoms with van der Waals surface area (Å²) in [5.74, 6) is -0.869. The van der Waals surface area contributed by atoms with E-state index in [4.69, 9.17) is 4.74 Å². The molecule has 6 nitrogen and oxygen atoms in total. The van der Waals surface area contributed by atoms with E-state index in [-0.39, 0.29) is 23.2 Å². The van der Waals surface area contributed by atoms with Crippen molar-refractivity contribution in [2.45, 2.75) is 60.8 Å². The van der Waals surface area contributed by atoms with Crippen LogP contribution in [0.2, 0.25) is 0 Å². The molecule has 0 aromatic rings. The minimum absolute atomic E-state index is 0.231. The predicted molar refractivity (Wildman–Crippen MR) is 131 cm³/mol. The van der Waals surface area contributed by atoms with Crippen molar-refractivity contribution in [3.05, 3.63) is 0 Å². The molecule has 4 aliphatic carbocycles. The number of alkyl halides is 6. The Bertz CT molecular complexity index is 718. The Balaban J connectivity index is 2.05. The highest BCUT2D eigenvalue weighted by atomic mass is 80.0. The molecule has 0 saturated heterocycles. The van der Waals surface area contributed by atoms with Gasteiger partial charge in [0.15, 0.2) is 0 Å². The number of nitrogens with one attached hydrogen (secondary N) is 2. The molecule has 0 aromatic carbocycles. The molecule has 4 bridgehead atoms. The van der Waals surface area contributed by atoms with Gasteiger partial charge in [0.1, 0.15) is 0 Å². The van der Waals surface area contributed by atoms with Crippen LogP contribution in [0.5, 0.6) is 0 Å². The second-order valence-electron chi connectivity index (χ2n) is 9.11. The third-order valence-corrected chi connectivity index (χ3v) is 8.38. The minimum atomic E-state index is -1.11. The molecule has 0 spiro atoms. The smallest absolute Gasteiger partial charge is 0.311 e. The quantitative estimate of drug-likeness (QED) is 0.314. The molecule has 2 amide bonds. The highest BCUT2D eigenvalue weighted by Crippen LogP contribution is 2.68. The van der Waals surface area contributed by atoms with Crippen molar-refractivity contribution in [2.75, 3.05) is 7.11 Å². The number of halogens is 6. The van der Waals surface area contributed by atoms with Crippen molar-refractivity contribution in [2.24, 2.45) is 10.8 Å². The average Bonchev–Trinajstić information content (AvgIpc) is 2.48. The molecule has 29 heavy (non-hydrogen) atoms. The number of esters is 1. The van der Waals surface area contributed by atoms with Gasteiger partial charge in [0, 0.05) is 11.1 Å². The van der Waals surface area contributed by atoms with E-state index in [2.05, 4.69) is 113 Å². The van der Waals surface area contributed by atoms with Crippen LogP contribution in [0.4, 0.5) is 0 Å². The molecule has 4 fully saturated rings. The van der Waals surface area contributed by atoms with Gasteiger partial charge in [0.2, 0.25) is 4.29 Å². The predicted octanol–water partition coefficient (Wildman–Crippen LogP) is 4.92. The summed E-state index contributed by atoms with van der Waals surface area (Å²) >= 11 is 19.6. The largest absolute Gasteiger partial charge is 0.469 e. The normalized spacial score (nSPS) is 38.5. The standard InChI is InChI=1S/C17H20Br6N2O4/c1-12-3-13(11(28)29-2)6-14(4-12,24-9(26)16(18,19)20)8-15(5-12,7-13)25-10(27)17(21,22)23/h3-8H2,1-2H3,(H,24,26)(H,25,27). The van der Waals surface area contributed by atoms with Gasteiger partial charge in [0.05, 0.1) is 12.5 Å². The molecule has 0 radical (unpaired) electrons. The zero-order chi connectivity index (χ0) is 22.1. The molecule has 4 saturated carbocycles. The van der Waals surface area contributed by atoms with Crippen molar-refractivity contribution in [1.29, 1.82) is 0 Å². The Labute approximate surface area is 219 Å². The summed E-state index contributed by atoms with van der Waals surface area (Å²) in [6.45, 7) is 2.12. The SMILES string of the molecule is COC(=O)C12CC3(C)CC(NC(=O)C(Br)(Br)Br)(CC(NC(=O)C(Br)(Br)Br)(C3)C1)C2. The van der Waals surface area contributed by atoms with Crippen LogP contribution in [0.1, 0.15) is 45.4 Å². The minimum Gasteiger partial charge on any atom is -0.469 e. The summed E-state index contributed by atoms with van der Waals surface area (Å²) < 4.78 is 2.98. The third-order valence-electron chi connectivity index (χ3n) is 6.22. The van der Waals surface area contributed by atoms with Crippen molar-refractivity contribution in [3.8, 4) is 0 Å². The van der Waals surface area contributed by atoms with E-state index in [1.807, 2.05) is 0 Å².